The van der Waals surface area contributed by atoms with Crippen LogP contribution < -0.4 is 9.91 Å². The van der Waals surface area contributed by atoms with Crippen molar-refractivity contribution in [3.05, 3.63) is 105 Å². The van der Waals surface area contributed by atoms with Gasteiger partial charge in [0.25, 0.3) is 0 Å². The van der Waals surface area contributed by atoms with E-state index in [2.05, 4.69) is 72.1 Å². The minimum absolute atomic E-state index is 0.0429. The van der Waals surface area contributed by atoms with Crippen LogP contribution >= 0.6 is 11.3 Å². The molecule has 1 N–H and O–H groups in total. The van der Waals surface area contributed by atoms with Crippen LogP contribution in [0.2, 0.25) is 0 Å². The second-order valence-electron chi connectivity index (χ2n) is 12.2. The Balaban J connectivity index is 1.38. The van der Waals surface area contributed by atoms with Crippen molar-refractivity contribution in [3.63, 3.8) is 0 Å². The molecule has 0 spiro atoms. The van der Waals surface area contributed by atoms with Crippen LogP contribution in [0.25, 0.3) is 28.6 Å². The number of hydrogen-bond acceptors (Lipinski definition) is 8. The van der Waals surface area contributed by atoms with Gasteiger partial charge in [-0.15, -0.1) is 11.3 Å². The number of aryl methyl sites for hydroxylation is 1. The normalized spacial score (nSPS) is 14.7. The number of oxazole rings is 1. The maximum Gasteiger partial charge on any atom is 0.346 e. The number of anilines is 2. The Bertz CT molecular complexity index is 1980. The van der Waals surface area contributed by atoms with Gasteiger partial charge >= 0.3 is 5.97 Å². The van der Waals surface area contributed by atoms with Gasteiger partial charge in [-0.3, -0.25) is 5.01 Å². The monoisotopic (exact) mass is 671 g/mol. The van der Waals surface area contributed by atoms with Crippen LogP contribution in [0.15, 0.2) is 94.0 Å². The zero-order valence-electron chi connectivity index (χ0n) is 28.2. The van der Waals surface area contributed by atoms with Gasteiger partial charge in [-0.25, -0.2) is 9.78 Å². The number of aliphatic carboxylic acids is 1. The fraction of sp³-hybridized carbons (Fsp3) is 0.300. The van der Waals surface area contributed by atoms with E-state index < -0.39 is 5.97 Å². The fourth-order valence-electron chi connectivity index (χ4n) is 6.37. The van der Waals surface area contributed by atoms with E-state index in [9.17, 15) is 15.2 Å². The van der Waals surface area contributed by atoms with Crippen molar-refractivity contribution >= 4 is 51.6 Å². The summed E-state index contributed by atoms with van der Waals surface area (Å²) in [6.07, 6.45) is 7.52. The van der Waals surface area contributed by atoms with E-state index in [1.165, 1.54) is 29.5 Å². The molecule has 0 fully saturated rings. The zero-order chi connectivity index (χ0) is 34.3. The van der Waals surface area contributed by atoms with Gasteiger partial charge < -0.3 is 14.4 Å². The lowest BCUT2D eigenvalue weighted by Crippen LogP contribution is -2.22. The van der Waals surface area contributed by atoms with Crippen molar-refractivity contribution in [1.82, 2.24) is 4.98 Å². The predicted molar refractivity (Wildman–Crippen MR) is 199 cm³/mol. The van der Waals surface area contributed by atoms with Crippen LogP contribution in [0.1, 0.15) is 79.8 Å². The summed E-state index contributed by atoms with van der Waals surface area (Å²) in [5.41, 5.74) is 7.61. The summed E-state index contributed by atoms with van der Waals surface area (Å²) >= 11 is 1.51. The summed E-state index contributed by atoms with van der Waals surface area (Å²) in [5.74, 6) is -0.646. The lowest BCUT2D eigenvalue weighted by Gasteiger charge is -2.25. The van der Waals surface area contributed by atoms with Crippen molar-refractivity contribution < 1.29 is 14.3 Å². The van der Waals surface area contributed by atoms with Crippen LogP contribution in [-0.2, 0) is 11.2 Å². The highest BCUT2D eigenvalue weighted by atomic mass is 32.1. The molecule has 3 aromatic carbocycles. The number of rotatable bonds is 14. The van der Waals surface area contributed by atoms with Crippen molar-refractivity contribution in [2.75, 3.05) is 23.0 Å². The van der Waals surface area contributed by atoms with Gasteiger partial charge in [0.2, 0.25) is 5.89 Å². The first-order chi connectivity index (χ1) is 23.9. The summed E-state index contributed by atoms with van der Waals surface area (Å²) in [7, 11) is 0. The Labute approximate surface area is 291 Å². The smallest absolute Gasteiger partial charge is 0.346 e. The number of carboxylic acid groups (broad SMARTS) is 1. The SMILES string of the molecule is CCCCCCc1cc(/C=C(\C#N)C(=O)O)sc1C1=NN(c2ccc(-c3nc4ccccc4o3)cc2)C(c2ccc(N(CC)CC)cc2)C1. The van der Waals surface area contributed by atoms with E-state index in [0.717, 1.165) is 87.7 Å². The Kier molecular flexibility index (Phi) is 10.6. The highest BCUT2D eigenvalue weighted by Crippen LogP contribution is 2.40. The van der Waals surface area contributed by atoms with E-state index in [1.807, 2.05) is 48.5 Å². The molecule has 1 aliphatic rings. The number of carboxylic acids is 1. The fourth-order valence-corrected chi connectivity index (χ4v) is 7.52. The van der Waals surface area contributed by atoms with Crippen LogP contribution in [0, 0.1) is 11.3 Å². The molecule has 2 aromatic heterocycles. The van der Waals surface area contributed by atoms with Crippen molar-refractivity contribution in [3.8, 4) is 17.5 Å². The van der Waals surface area contributed by atoms with Crippen LogP contribution in [0.4, 0.5) is 11.4 Å². The number of benzene rings is 3. The maximum absolute atomic E-state index is 11.7. The molecule has 0 radical (unpaired) electrons. The summed E-state index contributed by atoms with van der Waals surface area (Å²) in [6.45, 7) is 8.42. The molecule has 8 nitrogen and oxygen atoms in total. The van der Waals surface area contributed by atoms with Gasteiger partial charge in [0.15, 0.2) is 5.58 Å². The van der Waals surface area contributed by atoms with Gasteiger partial charge in [0, 0.05) is 35.6 Å². The van der Waals surface area contributed by atoms with E-state index >= 15 is 0 Å². The molecule has 5 aromatic rings. The van der Waals surface area contributed by atoms with E-state index in [-0.39, 0.29) is 11.6 Å². The van der Waals surface area contributed by atoms with Crippen molar-refractivity contribution in [2.24, 2.45) is 5.10 Å². The number of carbonyl (C=O) groups is 1. The van der Waals surface area contributed by atoms with Gasteiger partial charge in [-0.2, -0.15) is 10.4 Å². The number of para-hydroxylation sites is 2. The van der Waals surface area contributed by atoms with Gasteiger partial charge in [-0.05, 0) is 98.5 Å². The molecule has 49 heavy (non-hydrogen) atoms. The van der Waals surface area contributed by atoms with Gasteiger partial charge in [0.1, 0.15) is 17.2 Å². The molecule has 6 rings (SSSR count). The first-order valence-corrected chi connectivity index (χ1v) is 17.9. The van der Waals surface area contributed by atoms with Gasteiger partial charge in [0.05, 0.1) is 22.3 Å². The van der Waals surface area contributed by atoms with Gasteiger partial charge in [-0.1, -0.05) is 50.5 Å². The number of unbranched alkanes of at least 4 members (excludes halogenated alkanes) is 3. The number of aromatic nitrogens is 1. The molecule has 0 amide bonds. The van der Waals surface area contributed by atoms with E-state index in [1.54, 1.807) is 0 Å². The summed E-state index contributed by atoms with van der Waals surface area (Å²) in [6, 6.07) is 28.6. The number of nitriles is 1. The molecule has 1 unspecified atom stereocenters. The lowest BCUT2D eigenvalue weighted by molar-refractivity contribution is -0.132. The van der Waals surface area contributed by atoms with Crippen molar-refractivity contribution in [2.45, 2.75) is 65.3 Å². The molecule has 0 saturated heterocycles. The number of hydrazone groups is 1. The molecular weight excluding hydrogens is 631 g/mol. The Morgan fingerprint density at radius 3 is 2.47 bits per heavy atom. The summed E-state index contributed by atoms with van der Waals surface area (Å²) in [4.78, 5) is 20.5. The molecule has 3 heterocycles. The minimum atomic E-state index is -1.22. The molecular formula is C40H41N5O3S. The first-order valence-electron chi connectivity index (χ1n) is 17.1. The van der Waals surface area contributed by atoms with Crippen LogP contribution in [0.5, 0.6) is 0 Å². The predicted octanol–water partition coefficient (Wildman–Crippen LogP) is 9.87. The molecule has 1 atom stereocenters. The summed E-state index contributed by atoms with van der Waals surface area (Å²) in [5, 5.41) is 26.4. The Morgan fingerprint density at radius 1 is 1.04 bits per heavy atom. The number of thiophene rings is 1. The quantitative estimate of drug-likeness (QED) is 0.0712. The van der Waals surface area contributed by atoms with Crippen molar-refractivity contribution in [1.29, 1.82) is 5.26 Å². The third-order valence-electron chi connectivity index (χ3n) is 9.02. The standard InChI is InChI=1S/C40H41N5O3S/c1-4-7-8-9-12-29-23-33(24-30(26-41)40(46)47)49-38(29)35-25-36(27-15-19-31(20-16-27)44(5-2)6-3)45(43-35)32-21-17-28(18-22-32)39-42-34-13-10-11-14-37(34)48-39/h10-11,13-24,36H,4-9,12,25H2,1-3H3,(H,46,47)/b30-24+. The Hall–Kier alpha value is -5.20. The number of hydrogen-bond donors (Lipinski definition) is 1. The Morgan fingerprint density at radius 2 is 1.80 bits per heavy atom. The third kappa shape index (κ3) is 7.45. The maximum atomic E-state index is 11.7. The van der Waals surface area contributed by atoms with E-state index in [0.29, 0.717) is 12.3 Å². The molecule has 250 valence electrons. The average molecular weight is 672 g/mol. The zero-order valence-corrected chi connectivity index (χ0v) is 29.0. The lowest BCUT2D eigenvalue weighted by atomic mass is 9.98. The van der Waals surface area contributed by atoms with Crippen LogP contribution in [0.3, 0.4) is 0 Å². The minimum Gasteiger partial charge on any atom is -0.477 e. The highest BCUT2D eigenvalue weighted by Gasteiger charge is 2.32. The summed E-state index contributed by atoms with van der Waals surface area (Å²) < 4.78 is 6.03. The molecule has 0 saturated carbocycles. The topological polar surface area (TPSA) is 106 Å². The first kappa shape index (κ1) is 33.7. The molecule has 9 heteroatoms. The number of fused-ring (bicyclic) bond motifs is 1. The molecule has 1 aliphatic heterocycles. The highest BCUT2D eigenvalue weighted by molar-refractivity contribution is 7.15. The van der Waals surface area contributed by atoms with Crippen LogP contribution in [-0.4, -0.2) is 34.9 Å². The third-order valence-corrected chi connectivity index (χ3v) is 10.2. The average Bonchev–Trinajstić information content (AvgIpc) is 3.87. The molecule has 0 aliphatic carbocycles. The molecule has 0 bridgehead atoms. The van der Waals surface area contributed by atoms with E-state index in [4.69, 9.17) is 9.52 Å². The largest absolute Gasteiger partial charge is 0.477 e. The second-order valence-corrected chi connectivity index (χ2v) is 13.3. The second kappa shape index (κ2) is 15.3. The number of nitrogens with zero attached hydrogens (tertiary/aromatic N) is 5.